The molecule has 0 aliphatic heterocycles. The number of nitrogens with one attached hydrogen (secondary N) is 1. The molecule has 0 saturated heterocycles. The lowest BCUT2D eigenvalue weighted by molar-refractivity contribution is 0.450. The molecular formula is C13H13Br2NOS. The zero-order valence-corrected chi connectivity index (χ0v) is 13.8. The van der Waals surface area contributed by atoms with E-state index >= 15 is 0 Å². The fourth-order valence-corrected chi connectivity index (χ4v) is 3.67. The molecule has 2 aromatic rings. The minimum atomic E-state index is 0.193. The van der Waals surface area contributed by atoms with Crippen molar-refractivity contribution in [3.63, 3.8) is 0 Å². The Kier molecular flexibility index (Phi) is 5.36. The van der Waals surface area contributed by atoms with Crippen LogP contribution in [0.1, 0.15) is 11.8 Å². The van der Waals surface area contributed by atoms with Gasteiger partial charge in [0.05, 0.1) is 16.8 Å². The average molecular weight is 391 g/mol. The Morgan fingerprint density at radius 3 is 2.78 bits per heavy atom. The maximum Gasteiger partial charge on any atom is 0.135 e. The molecule has 0 aliphatic carbocycles. The van der Waals surface area contributed by atoms with Crippen molar-refractivity contribution in [3.05, 3.63) is 51.3 Å². The Morgan fingerprint density at radius 2 is 2.17 bits per heavy atom. The summed E-state index contributed by atoms with van der Waals surface area (Å²) < 4.78 is 7.61. The molecule has 0 radical (unpaired) electrons. The first-order chi connectivity index (χ1) is 8.70. The monoisotopic (exact) mass is 389 g/mol. The largest absolute Gasteiger partial charge is 0.466 e. The molecule has 18 heavy (non-hydrogen) atoms. The van der Waals surface area contributed by atoms with Crippen molar-refractivity contribution in [2.75, 3.05) is 12.8 Å². The topological polar surface area (TPSA) is 25.2 Å². The van der Waals surface area contributed by atoms with Gasteiger partial charge in [0.2, 0.25) is 0 Å². The van der Waals surface area contributed by atoms with Gasteiger partial charge < -0.3 is 9.73 Å². The van der Waals surface area contributed by atoms with Crippen molar-refractivity contribution in [3.8, 4) is 0 Å². The predicted molar refractivity (Wildman–Crippen MR) is 83.1 cm³/mol. The van der Waals surface area contributed by atoms with E-state index in [0.29, 0.717) is 0 Å². The molecule has 2 rings (SSSR count). The Morgan fingerprint density at radius 1 is 1.33 bits per heavy atom. The maximum absolute atomic E-state index is 5.50. The molecule has 0 fully saturated rings. The summed E-state index contributed by atoms with van der Waals surface area (Å²) in [5.41, 5.74) is 0. The highest BCUT2D eigenvalue weighted by atomic mass is 79.9. The van der Waals surface area contributed by atoms with Crippen LogP contribution >= 0.6 is 43.6 Å². The van der Waals surface area contributed by atoms with Crippen molar-refractivity contribution in [1.82, 2.24) is 5.32 Å². The summed E-state index contributed by atoms with van der Waals surface area (Å²) in [6.45, 7) is 0. The Balaban J connectivity index is 2.02. The number of halogens is 2. The van der Waals surface area contributed by atoms with Gasteiger partial charge >= 0.3 is 0 Å². The number of thioether (sulfide) groups is 1. The van der Waals surface area contributed by atoms with E-state index in [1.807, 2.05) is 25.2 Å². The molecule has 1 aromatic carbocycles. The summed E-state index contributed by atoms with van der Waals surface area (Å²) in [5, 5.41) is 3.27. The molecule has 0 saturated carbocycles. The van der Waals surface area contributed by atoms with Crippen LogP contribution in [0.15, 0.2) is 54.9 Å². The van der Waals surface area contributed by atoms with E-state index in [1.54, 1.807) is 18.0 Å². The third kappa shape index (κ3) is 3.63. The van der Waals surface area contributed by atoms with Crippen LogP contribution in [0.3, 0.4) is 0 Å². The van der Waals surface area contributed by atoms with Gasteiger partial charge in [-0.1, -0.05) is 22.0 Å². The van der Waals surface area contributed by atoms with Gasteiger partial charge in [-0.25, -0.2) is 0 Å². The van der Waals surface area contributed by atoms with Gasteiger partial charge in [-0.3, -0.25) is 0 Å². The van der Waals surface area contributed by atoms with Gasteiger partial charge in [0.15, 0.2) is 0 Å². The van der Waals surface area contributed by atoms with Crippen LogP contribution in [0.2, 0.25) is 0 Å². The zero-order valence-electron chi connectivity index (χ0n) is 9.82. The molecule has 2 nitrogen and oxygen atoms in total. The van der Waals surface area contributed by atoms with Crippen LogP contribution in [-0.2, 0) is 0 Å². The number of benzene rings is 1. The summed E-state index contributed by atoms with van der Waals surface area (Å²) in [5.74, 6) is 1.86. The quantitative estimate of drug-likeness (QED) is 0.738. The van der Waals surface area contributed by atoms with Gasteiger partial charge in [-0.2, -0.15) is 0 Å². The van der Waals surface area contributed by atoms with Crippen LogP contribution in [-0.4, -0.2) is 12.8 Å². The van der Waals surface area contributed by atoms with E-state index in [1.165, 1.54) is 4.90 Å². The first kappa shape index (κ1) is 14.2. The molecule has 1 unspecified atom stereocenters. The fraction of sp³-hybridized carbons (Fsp3) is 0.231. The van der Waals surface area contributed by atoms with Gasteiger partial charge in [0.25, 0.3) is 0 Å². The number of furan rings is 1. The van der Waals surface area contributed by atoms with Crippen LogP contribution in [0.25, 0.3) is 0 Å². The molecule has 1 N–H and O–H groups in total. The smallest absolute Gasteiger partial charge is 0.135 e. The second-order valence-corrected chi connectivity index (χ2v) is 6.61. The van der Waals surface area contributed by atoms with Gasteiger partial charge in [0.1, 0.15) is 5.76 Å². The summed E-state index contributed by atoms with van der Waals surface area (Å²) in [6, 6.07) is 10.4. The lowest BCUT2D eigenvalue weighted by Crippen LogP contribution is -2.18. The van der Waals surface area contributed by atoms with E-state index in [4.69, 9.17) is 4.42 Å². The summed E-state index contributed by atoms with van der Waals surface area (Å²) >= 11 is 8.78. The molecule has 0 bridgehead atoms. The van der Waals surface area contributed by atoms with Crippen LogP contribution < -0.4 is 5.32 Å². The van der Waals surface area contributed by atoms with E-state index in [-0.39, 0.29) is 6.04 Å². The van der Waals surface area contributed by atoms with Crippen LogP contribution in [0.4, 0.5) is 0 Å². The summed E-state index contributed by atoms with van der Waals surface area (Å²) in [6.07, 6.45) is 1.70. The van der Waals surface area contributed by atoms with Gasteiger partial charge in [0, 0.05) is 15.1 Å². The lowest BCUT2D eigenvalue weighted by atomic mass is 10.2. The molecule has 1 heterocycles. The molecule has 5 heteroatoms. The van der Waals surface area contributed by atoms with E-state index in [9.17, 15) is 0 Å². The Bertz CT molecular complexity index is 515. The predicted octanol–water partition coefficient (Wildman–Crippen LogP) is 4.86. The normalized spacial score (nSPS) is 12.6. The minimum absolute atomic E-state index is 0.193. The molecular weight excluding hydrogens is 378 g/mol. The second-order valence-electron chi connectivity index (χ2n) is 3.74. The SMILES string of the molecule is CNC(CSc1cccc(Br)c1)c1occc1Br. The average Bonchev–Trinajstić information content (AvgIpc) is 2.77. The Hall–Kier alpha value is -0.230. The Labute approximate surface area is 128 Å². The van der Waals surface area contributed by atoms with Crippen LogP contribution in [0, 0.1) is 0 Å². The number of hydrogen-bond acceptors (Lipinski definition) is 3. The first-order valence-electron chi connectivity index (χ1n) is 5.49. The fourth-order valence-electron chi connectivity index (χ4n) is 1.58. The van der Waals surface area contributed by atoms with Crippen molar-refractivity contribution in [1.29, 1.82) is 0 Å². The molecule has 0 spiro atoms. The highest BCUT2D eigenvalue weighted by Crippen LogP contribution is 2.30. The van der Waals surface area contributed by atoms with Crippen molar-refractivity contribution < 1.29 is 4.42 Å². The van der Waals surface area contributed by atoms with Gasteiger partial charge in [-0.15, -0.1) is 11.8 Å². The third-order valence-corrected chi connectivity index (χ3v) is 4.76. The highest BCUT2D eigenvalue weighted by Gasteiger charge is 2.16. The summed E-state index contributed by atoms with van der Waals surface area (Å²) in [7, 11) is 1.95. The van der Waals surface area contributed by atoms with Gasteiger partial charge in [-0.05, 0) is 47.2 Å². The van der Waals surface area contributed by atoms with E-state index in [2.05, 4.69) is 49.3 Å². The second kappa shape index (κ2) is 6.80. The minimum Gasteiger partial charge on any atom is -0.466 e. The summed E-state index contributed by atoms with van der Waals surface area (Å²) in [4.78, 5) is 1.24. The third-order valence-electron chi connectivity index (χ3n) is 2.52. The molecule has 0 amide bonds. The molecule has 0 aliphatic rings. The first-order valence-corrected chi connectivity index (χ1v) is 8.06. The molecule has 1 atom stereocenters. The number of hydrogen-bond donors (Lipinski definition) is 1. The van der Waals surface area contributed by atoms with E-state index in [0.717, 1.165) is 20.5 Å². The van der Waals surface area contributed by atoms with Crippen molar-refractivity contribution in [2.24, 2.45) is 0 Å². The van der Waals surface area contributed by atoms with Crippen LogP contribution in [0.5, 0.6) is 0 Å². The lowest BCUT2D eigenvalue weighted by Gasteiger charge is -2.14. The molecule has 1 aromatic heterocycles. The highest BCUT2D eigenvalue weighted by molar-refractivity contribution is 9.10. The standard InChI is InChI=1S/C13H13Br2NOS/c1-16-12(13-11(15)5-6-17-13)8-18-10-4-2-3-9(14)7-10/h2-7,12,16H,8H2,1H3. The molecule has 96 valence electrons. The maximum atomic E-state index is 5.50. The number of rotatable bonds is 5. The van der Waals surface area contributed by atoms with Crippen molar-refractivity contribution >= 4 is 43.6 Å². The van der Waals surface area contributed by atoms with Crippen molar-refractivity contribution in [2.45, 2.75) is 10.9 Å². The van der Waals surface area contributed by atoms with E-state index < -0.39 is 0 Å². The zero-order chi connectivity index (χ0) is 13.0.